The summed E-state index contributed by atoms with van der Waals surface area (Å²) >= 11 is 14.8. The fourth-order valence-corrected chi connectivity index (χ4v) is 2.17. The Hall–Kier alpha value is 0.827. The highest BCUT2D eigenvalue weighted by Crippen LogP contribution is 2.13. The minimum atomic E-state index is -1.72. The van der Waals surface area contributed by atoms with Crippen LogP contribution in [-0.4, -0.2) is 6.73 Å². The van der Waals surface area contributed by atoms with E-state index in [0.29, 0.717) is 0 Å². The Kier molecular flexibility index (Phi) is 16.6. The fraction of sp³-hybridized carbons (Fsp3) is 0.857. The van der Waals surface area contributed by atoms with Crippen LogP contribution in [0.15, 0.2) is 12.2 Å². The van der Waals surface area contributed by atoms with E-state index < -0.39 is 6.73 Å². The molecule has 1 rings (SSSR count). The predicted octanol–water partition coefficient (Wildman–Crippen LogP) is 6.66. The SMILES string of the molecule is C1=CCCCCCCCCCCCC1.Cl[SiH](Cl)Cl. The lowest BCUT2D eigenvalue weighted by molar-refractivity contribution is 0.550. The predicted molar refractivity (Wildman–Crippen MR) is 89.3 cm³/mol. The Labute approximate surface area is 129 Å². The van der Waals surface area contributed by atoms with E-state index in [1.165, 1.54) is 77.0 Å². The van der Waals surface area contributed by atoms with Crippen LogP contribution in [0.3, 0.4) is 0 Å². The summed E-state index contributed by atoms with van der Waals surface area (Å²) in [5.74, 6) is 0. The lowest BCUT2D eigenvalue weighted by Gasteiger charge is -2.03. The molecule has 0 heterocycles. The third-order valence-corrected chi connectivity index (χ3v) is 3.16. The molecule has 18 heavy (non-hydrogen) atoms. The van der Waals surface area contributed by atoms with Gasteiger partial charge in [0.1, 0.15) is 0 Å². The molecule has 0 aromatic heterocycles. The van der Waals surface area contributed by atoms with Gasteiger partial charge in [0.15, 0.2) is 0 Å². The highest BCUT2D eigenvalue weighted by molar-refractivity contribution is 7.54. The molecular weight excluding hydrogens is 303 g/mol. The second-order valence-corrected chi connectivity index (χ2v) is 11.3. The summed E-state index contributed by atoms with van der Waals surface area (Å²) in [6, 6.07) is 0. The van der Waals surface area contributed by atoms with Crippen molar-refractivity contribution < 1.29 is 0 Å². The van der Waals surface area contributed by atoms with Gasteiger partial charge in [0, 0.05) is 0 Å². The molecule has 1 aliphatic carbocycles. The summed E-state index contributed by atoms with van der Waals surface area (Å²) in [5.41, 5.74) is 0. The summed E-state index contributed by atoms with van der Waals surface area (Å²) in [6.45, 7) is -1.72. The molecule has 0 nitrogen and oxygen atoms in total. The summed E-state index contributed by atoms with van der Waals surface area (Å²) in [4.78, 5) is 0. The van der Waals surface area contributed by atoms with E-state index >= 15 is 0 Å². The van der Waals surface area contributed by atoms with Gasteiger partial charge in [-0.25, -0.2) is 0 Å². The minimum Gasteiger partial charge on any atom is -0.130 e. The molecule has 1 aliphatic rings. The average molecular weight is 330 g/mol. The molecule has 0 aromatic carbocycles. The summed E-state index contributed by atoms with van der Waals surface area (Å²) in [6.07, 6.45) is 22.0. The largest absolute Gasteiger partial charge is 0.326 e. The molecule has 0 unspecified atom stereocenters. The normalized spacial score (nSPS) is 19.8. The smallest absolute Gasteiger partial charge is 0.130 e. The van der Waals surface area contributed by atoms with E-state index in [1.807, 2.05) is 0 Å². The lowest BCUT2D eigenvalue weighted by atomic mass is 10.0. The maximum absolute atomic E-state index is 4.94. The van der Waals surface area contributed by atoms with Crippen molar-refractivity contribution >= 4 is 40.0 Å². The molecule has 0 aliphatic heterocycles. The van der Waals surface area contributed by atoms with Gasteiger partial charge in [0.2, 0.25) is 0 Å². The highest BCUT2D eigenvalue weighted by atomic mass is 35.8. The van der Waals surface area contributed by atoms with E-state index in [4.69, 9.17) is 33.2 Å². The molecule has 0 saturated carbocycles. The van der Waals surface area contributed by atoms with E-state index in [9.17, 15) is 0 Å². The van der Waals surface area contributed by atoms with Crippen LogP contribution in [-0.2, 0) is 0 Å². The third kappa shape index (κ3) is 19.2. The molecule has 0 fully saturated rings. The van der Waals surface area contributed by atoms with Gasteiger partial charge < -0.3 is 0 Å². The second-order valence-electron chi connectivity index (χ2n) is 4.83. The Morgan fingerprint density at radius 3 is 1.00 bits per heavy atom. The first kappa shape index (κ1) is 18.8. The third-order valence-electron chi connectivity index (χ3n) is 3.16. The number of halogens is 3. The molecule has 0 N–H and O–H groups in total. The molecule has 0 bridgehead atoms. The summed E-state index contributed by atoms with van der Waals surface area (Å²) < 4.78 is 0. The summed E-state index contributed by atoms with van der Waals surface area (Å²) in [5, 5.41) is 0. The number of hydrogen-bond donors (Lipinski definition) is 0. The van der Waals surface area contributed by atoms with Crippen LogP contribution in [0.2, 0.25) is 0 Å². The fourth-order valence-electron chi connectivity index (χ4n) is 2.17. The van der Waals surface area contributed by atoms with Crippen molar-refractivity contribution in [1.82, 2.24) is 0 Å². The first-order valence-electron chi connectivity index (χ1n) is 7.30. The first-order chi connectivity index (χ1) is 8.73. The van der Waals surface area contributed by atoms with E-state index in [1.54, 1.807) is 0 Å². The molecule has 0 spiro atoms. The van der Waals surface area contributed by atoms with Gasteiger partial charge in [-0.2, -0.15) is 0 Å². The first-order valence-corrected chi connectivity index (χ1v) is 12.5. The van der Waals surface area contributed by atoms with Crippen molar-refractivity contribution in [3.63, 3.8) is 0 Å². The van der Waals surface area contributed by atoms with Crippen molar-refractivity contribution in [3.8, 4) is 0 Å². The number of allylic oxidation sites excluding steroid dienone is 2. The zero-order chi connectivity index (χ0) is 13.5. The highest BCUT2D eigenvalue weighted by Gasteiger charge is 1.93. The van der Waals surface area contributed by atoms with Crippen LogP contribution < -0.4 is 0 Å². The second kappa shape index (κ2) is 15.9. The van der Waals surface area contributed by atoms with Crippen molar-refractivity contribution in [2.24, 2.45) is 0 Å². The Bertz CT molecular complexity index is 165. The lowest BCUT2D eigenvalue weighted by Crippen LogP contribution is -1.83. The molecular formula is C14H27Cl3Si. The van der Waals surface area contributed by atoms with Crippen LogP contribution in [0.4, 0.5) is 0 Å². The zero-order valence-electron chi connectivity index (χ0n) is 11.4. The van der Waals surface area contributed by atoms with Gasteiger partial charge in [-0.15, -0.1) is 33.2 Å². The van der Waals surface area contributed by atoms with Crippen molar-refractivity contribution in [2.45, 2.75) is 77.0 Å². The van der Waals surface area contributed by atoms with Gasteiger partial charge in [-0.3, -0.25) is 0 Å². The average Bonchev–Trinajstić information content (AvgIpc) is 2.32. The van der Waals surface area contributed by atoms with Gasteiger partial charge in [0.25, 0.3) is 0 Å². The van der Waals surface area contributed by atoms with Gasteiger partial charge in [-0.05, 0) is 25.7 Å². The van der Waals surface area contributed by atoms with E-state index in [2.05, 4.69) is 12.2 Å². The minimum absolute atomic E-state index is 1.32. The molecule has 108 valence electrons. The molecule has 0 radical (unpaired) electrons. The van der Waals surface area contributed by atoms with Crippen molar-refractivity contribution in [1.29, 1.82) is 0 Å². The maximum Gasteiger partial charge on any atom is 0.326 e. The van der Waals surface area contributed by atoms with Gasteiger partial charge >= 0.3 is 6.73 Å². The Balaban J connectivity index is 0.000000631. The van der Waals surface area contributed by atoms with Crippen LogP contribution in [0.5, 0.6) is 0 Å². The Morgan fingerprint density at radius 2 is 0.722 bits per heavy atom. The monoisotopic (exact) mass is 328 g/mol. The maximum atomic E-state index is 4.94. The van der Waals surface area contributed by atoms with Crippen molar-refractivity contribution in [2.75, 3.05) is 0 Å². The number of hydrogen-bond acceptors (Lipinski definition) is 0. The Morgan fingerprint density at radius 1 is 0.500 bits per heavy atom. The quantitative estimate of drug-likeness (QED) is 0.265. The van der Waals surface area contributed by atoms with E-state index in [-0.39, 0.29) is 0 Å². The standard InChI is InChI=1S/C14H26.Cl3HSi/c1-2-4-6-8-10-12-14-13-11-9-7-5-3-1;1-4(2)3/h1-2H,3-14H2;4H. The van der Waals surface area contributed by atoms with Crippen LogP contribution in [0.25, 0.3) is 0 Å². The molecule has 0 aromatic rings. The molecule has 4 heteroatoms. The van der Waals surface area contributed by atoms with Crippen LogP contribution in [0.1, 0.15) is 77.0 Å². The molecule has 0 saturated heterocycles. The molecule has 0 atom stereocenters. The number of rotatable bonds is 0. The zero-order valence-corrected chi connectivity index (χ0v) is 14.8. The van der Waals surface area contributed by atoms with Crippen LogP contribution in [0, 0.1) is 0 Å². The molecule has 0 amide bonds. The summed E-state index contributed by atoms with van der Waals surface area (Å²) in [7, 11) is 0. The van der Waals surface area contributed by atoms with E-state index in [0.717, 1.165) is 0 Å². The van der Waals surface area contributed by atoms with Crippen LogP contribution >= 0.6 is 33.2 Å². The topological polar surface area (TPSA) is 0 Å². The van der Waals surface area contributed by atoms with Gasteiger partial charge in [-0.1, -0.05) is 63.5 Å². The van der Waals surface area contributed by atoms with Gasteiger partial charge in [0.05, 0.1) is 0 Å². The van der Waals surface area contributed by atoms with Crippen molar-refractivity contribution in [3.05, 3.63) is 12.2 Å².